The highest BCUT2D eigenvalue weighted by atomic mass is 16.6. The molecule has 0 amide bonds. The van der Waals surface area contributed by atoms with Crippen molar-refractivity contribution < 1.29 is 23.8 Å². The molecule has 0 aliphatic carbocycles. The first-order chi connectivity index (χ1) is 8.43. The lowest BCUT2D eigenvalue weighted by atomic mass is 9.96. The van der Waals surface area contributed by atoms with Gasteiger partial charge in [0.1, 0.15) is 18.8 Å². The number of esters is 2. The molecule has 0 saturated carbocycles. The summed E-state index contributed by atoms with van der Waals surface area (Å²) in [6, 6.07) is -0.682. The summed E-state index contributed by atoms with van der Waals surface area (Å²) in [5, 5.41) is 2.96. The number of rotatable bonds is 4. The van der Waals surface area contributed by atoms with Crippen molar-refractivity contribution in [2.45, 2.75) is 51.5 Å². The summed E-state index contributed by atoms with van der Waals surface area (Å²) >= 11 is 0. The van der Waals surface area contributed by atoms with Crippen molar-refractivity contribution in [3.05, 3.63) is 4.91 Å². The fourth-order valence-corrected chi connectivity index (χ4v) is 1.94. The van der Waals surface area contributed by atoms with Crippen LogP contribution in [-0.4, -0.2) is 42.9 Å². The standard InChI is InChI=1S/C11H17NO6/c1-6-4-9(12-15)11(18-8(3)14)10(17-6)5-16-7(2)13/h6,9-11H,4-5H2,1-3H3. The summed E-state index contributed by atoms with van der Waals surface area (Å²) in [5.41, 5.74) is 0. The van der Waals surface area contributed by atoms with Crippen LogP contribution < -0.4 is 0 Å². The predicted octanol–water partition coefficient (Wildman–Crippen LogP) is 0.794. The lowest BCUT2D eigenvalue weighted by Crippen LogP contribution is -2.50. The Balaban J connectivity index is 2.75. The Morgan fingerprint density at radius 3 is 2.50 bits per heavy atom. The Kier molecular flexibility index (Phi) is 5.21. The highest BCUT2D eigenvalue weighted by molar-refractivity contribution is 5.66. The minimum atomic E-state index is -0.810. The fourth-order valence-electron chi connectivity index (χ4n) is 1.94. The molecule has 7 heteroatoms. The number of carbonyl (C=O) groups excluding carboxylic acids is 2. The van der Waals surface area contributed by atoms with Crippen LogP contribution in [0.2, 0.25) is 0 Å². The van der Waals surface area contributed by atoms with Crippen molar-refractivity contribution in [1.29, 1.82) is 0 Å². The number of nitroso groups, excluding NO2 is 1. The normalized spacial score (nSPS) is 31.5. The van der Waals surface area contributed by atoms with Gasteiger partial charge in [-0.05, 0) is 6.92 Å². The van der Waals surface area contributed by atoms with Crippen LogP contribution in [0.3, 0.4) is 0 Å². The monoisotopic (exact) mass is 259 g/mol. The van der Waals surface area contributed by atoms with Gasteiger partial charge in [0, 0.05) is 20.3 Å². The van der Waals surface area contributed by atoms with Crippen LogP contribution in [0.25, 0.3) is 0 Å². The summed E-state index contributed by atoms with van der Waals surface area (Å²) in [4.78, 5) is 32.6. The van der Waals surface area contributed by atoms with E-state index >= 15 is 0 Å². The molecule has 0 bridgehead atoms. The van der Waals surface area contributed by atoms with E-state index in [9.17, 15) is 14.5 Å². The average molecular weight is 259 g/mol. The van der Waals surface area contributed by atoms with Gasteiger partial charge in [-0.2, -0.15) is 4.91 Å². The van der Waals surface area contributed by atoms with Crippen molar-refractivity contribution in [2.75, 3.05) is 6.61 Å². The highest BCUT2D eigenvalue weighted by Crippen LogP contribution is 2.25. The van der Waals surface area contributed by atoms with Crippen molar-refractivity contribution in [2.24, 2.45) is 5.18 Å². The van der Waals surface area contributed by atoms with Crippen LogP contribution in [0.1, 0.15) is 27.2 Å². The lowest BCUT2D eigenvalue weighted by molar-refractivity contribution is -0.182. The average Bonchev–Trinajstić information content (AvgIpc) is 2.28. The molecule has 4 unspecified atom stereocenters. The topological polar surface area (TPSA) is 91.3 Å². The molecule has 1 fully saturated rings. The van der Waals surface area contributed by atoms with Gasteiger partial charge in [0.2, 0.25) is 0 Å². The lowest BCUT2D eigenvalue weighted by Gasteiger charge is -2.36. The first-order valence-corrected chi connectivity index (χ1v) is 5.72. The van der Waals surface area contributed by atoms with E-state index in [-0.39, 0.29) is 12.7 Å². The molecule has 102 valence electrons. The second-order valence-electron chi connectivity index (χ2n) is 4.27. The molecule has 7 nitrogen and oxygen atoms in total. The molecule has 0 aromatic carbocycles. The van der Waals surface area contributed by atoms with Crippen molar-refractivity contribution in [3.8, 4) is 0 Å². The van der Waals surface area contributed by atoms with Crippen LogP contribution in [0.15, 0.2) is 5.18 Å². The summed E-state index contributed by atoms with van der Waals surface area (Å²) in [6.45, 7) is 4.22. The SMILES string of the molecule is CC(=O)OCC1OC(C)CC(N=O)C1OC(C)=O. The molecule has 1 aliphatic rings. The Labute approximate surface area is 105 Å². The van der Waals surface area contributed by atoms with E-state index < -0.39 is 30.2 Å². The maximum Gasteiger partial charge on any atom is 0.303 e. The minimum absolute atomic E-state index is 0.0658. The van der Waals surface area contributed by atoms with Gasteiger partial charge in [0.05, 0.1) is 6.10 Å². The molecule has 1 rings (SSSR count). The third kappa shape index (κ3) is 4.06. The zero-order chi connectivity index (χ0) is 13.7. The largest absolute Gasteiger partial charge is 0.463 e. The predicted molar refractivity (Wildman–Crippen MR) is 60.7 cm³/mol. The maximum absolute atomic E-state index is 11.0. The van der Waals surface area contributed by atoms with E-state index in [0.717, 1.165) is 0 Å². The van der Waals surface area contributed by atoms with Gasteiger partial charge in [-0.3, -0.25) is 9.59 Å². The molecular weight excluding hydrogens is 242 g/mol. The van der Waals surface area contributed by atoms with Gasteiger partial charge in [0.15, 0.2) is 6.10 Å². The highest BCUT2D eigenvalue weighted by Gasteiger charge is 2.41. The Bertz CT molecular complexity index is 331. The van der Waals surface area contributed by atoms with Crippen molar-refractivity contribution in [1.82, 2.24) is 0 Å². The summed E-state index contributed by atoms with van der Waals surface area (Å²) < 4.78 is 15.4. The van der Waals surface area contributed by atoms with Crippen LogP contribution in [0.5, 0.6) is 0 Å². The van der Waals surface area contributed by atoms with Crippen LogP contribution in [0.4, 0.5) is 0 Å². The molecule has 4 atom stereocenters. The second kappa shape index (κ2) is 6.44. The Hall–Kier alpha value is -1.50. The summed E-state index contributed by atoms with van der Waals surface area (Å²) in [5.74, 6) is -0.992. The van der Waals surface area contributed by atoms with Gasteiger partial charge in [-0.1, -0.05) is 5.18 Å². The first kappa shape index (κ1) is 14.6. The molecule has 0 spiro atoms. The van der Waals surface area contributed by atoms with Crippen molar-refractivity contribution >= 4 is 11.9 Å². The van der Waals surface area contributed by atoms with E-state index in [1.165, 1.54) is 13.8 Å². The zero-order valence-electron chi connectivity index (χ0n) is 10.6. The number of nitrogens with zero attached hydrogens (tertiary/aromatic N) is 1. The molecule has 0 radical (unpaired) electrons. The molecule has 1 aliphatic heterocycles. The Morgan fingerprint density at radius 1 is 1.33 bits per heavy atom. The van der Waals surface area contributed by atoms with Crippen LogP contribution in [-0.2, 0) is 23.8 Å². The van der Waals surface area contributed by atoms with E-state index in [1.54, 1.807) is 6.92 Å². The molecule has 1 heterocycles. The quantitative estimate of drug-likeness (QED) is 0.547. The number of ether oxygens (including phenoxy) is 3. The van der Waals surface area contributed by atoms with Crippen LogP contribution >= 0.6 is 0 Å². The third-order valence-electron chi connectivity index (χ3n) is 2.61. The maximum atomic E-state index is 11.0. The van der Waals surface area contributed by atoms with E-state index in [0.29, 0.717) is 6.42 Å². The Morgan fingerprint density at radius 2 is 2.00 bits per heavy atom. The van der Waals surface area contributed by atoms with Gasteiger partial charge in [-0.15, -0.1) is 0 Å². The molecule has 0 aromatic heterocycles. The van der Waals surface area contributed by atoms with E-state index in [4.69, 9.17) is 14.2 Å². The number of hydrogen-bond acceptors (Lipinski definition) is 7. The molecular formula is C11H17NO6. The summed E-state index contributed by atoms with van der Waals surface area (Å²) in [6.07, 6.45) is -1.31. The van der Waals surface area contributed by atoms with E-state index in [1.807, 2.05) is 0 Å². The van der Waals surface area contributed by atoms with Gasteiger partial charge < -0.3 is 14.2 Å². The van der Waals surface area contributed by atoms with Gasteiger partial charge in [0.25, 0.3) is 0 Å². The molecule has 0 aromatic rings. The van der Waals surface area contributed by atoms with Crippen LogP contribution in [0, 0.1) is 4.91 Å². The number of hydrogen-bond donors (Lipinski definition) is 0. The van der Waals surface area contributed by atoms with Gasteiger partial charge >= 0.3 is 11.9 Å². The smallest absolute Gasteiger partial charge is 0.303 e. The fraction of sp³-hybridized carbons (Fsp3) is 0.818. The zero-order valence-corrected chi connectivity index (χ0v) is 10.6. The number of carbonyl (C=O) groups is 2. The van der Waals surface area contributed by atoms with E-state index in [2.05, 4.69) is 5.18 Å². The molecule has 1 saturated heterocycles. The first-order valence-electron chi connectivity index (χ1n) is 5.72. The minimum Gasteiger partial charge on any atom is -0.463 e. The van der Waals surface area contributed by atoms with Gasteiger partial charge in [-0.25, -0.2) is 0 Å². The molecule has 18 heavy (non-hydrogen) atoms. The van der Waals surface area contributed by atoms with Crippen molar-refractivity contribution in [3.63, 3.8) is 0 Å². The second-order valence-corrected chi connectivity index (χ2v) is 4.27. The molecule has 0 N–H and O–H groups in total. The summed E-state index contributed by atoms with van der Waals surface area (Å²) in [7, 11) is 0. The third-order valence-corrected chi connectivity index (χ3v) is 2.61.